The summed E-state index contributed by atoms with van der Waals surface area (Å²) in [4.78, 5) is 20.6. The summed E-state index contributed by atoms with van der Waals surface area (Å²) >= 11 is 9.86. The summed E-state index contributed by atoms with van der Waals surface area (Å²) < 4.78 is 77.0. The van der Waals surface area contributed by atoms with Crippen LogP contribution in [0, 0.1) is 6.92 Å². The molecule has 0 heterocycles. The second-order valence-corrected chi connectivity index (χ2v) is 10.1. The van der Waals surface area contributed by atoms with Gasteiger partial charge >= 0.3 is 12.4 Å². The van der Waals surface area contributed by atoms with Gasteiger partial charge in [0.05, 0.1) is 5.92 Å². The molecule has 0 fully saturated rings. The predicted molar refractivity (Wildman–Crippen MR) is 136 cm³/mol. The van der Waals surface area contributed by atoms with Crippen LogP contribution in [0.4, 0.5) is 26.3 Å². The lowest BCUT2D eigenvalue weighted by Crippen LogP contribution is -2.44. The van der Waals surface area contributed by atoms with E-state index in [0.717, 1.165) is 10.0 Å². The van der Waals surface area contributed by atoms with Crippen LogP contribution < -0.4 is 10.6 Å². The Morgan fingerprint density at radius 2 is 1.58 bits per heavy atom. The van der Waals surface area contributed by atoms with Crippen molar-refractivity contribution in [1.82, 2.24) is 10.6 Å². The third-order valence-corrected chi connectivity index (χ3v) is 6.22. The highest BCUT2D eigenvalue weighted by molar-refractivity contribution is 9.11. The Hall–Kier alpha value is -1.86. The predicted octanol–water partition coefficient (Wildman–Crippen LogP) is 7.44. The van der Waals surface area contributed by atoms with E-state index in [9.17, 15) is 35.9 Å². The molecule has 2 rings (SSSR count). The van der Waals surface area contributed by atoms with Crippen LogP contribution >= 0.6 is 47.8 Å². The molecule has 2 amide bonds. The van der Waals surface area contributed by atoms with E-state index in [1.807, 2.05) is 18.3 Å². The number of hydrogen-bond acceptors (Lipinski definition) is 2. The van der Waals surface area contributed by atoms with Crippen LogP contribution in [0.2, 0.25) is 0 Å². The Morgan fingerprint density at radius 1 is 1.00 bits per heavy atom. The van der Waals surface area contributed by atoms with E-state index in [0.29, 0.717) is 14.5 Å². The minimum atomic E-state index is -4.43. The van der Waals surface area contributed by atoms with Crippen molar-refractivity contribution >= 4 is 66.2 Å². The molecule has 0 aliphatic heterocycles. The van der Waals surface area contributed by atoms with E-state index >= 15 is 0 Å². The molecule has 4 nitrogen and oxygen atoms in total. The number of aryl methyl sites for hydroxylation is 1. The summed E-state index contributed by atoms with van der Waals surface area (Å²) in [7, 11) is 0. The molecule has 2 N–H and O–H groups in total. The number of amides is 2. The van der Waals surface area contributed by atoms with Gasteiger partial charge in [0.15, 0.2) is 0 Å². The van der Waals surface area contributed by atoms with Gasteiger partial charge in [-0.05, 0) is 54.8 Å². The minimum Gasteiger partial charge on any atom is -0.347 e. The lowest BCUT2D eigenvalue weighted by atomic mass is 9.97. The molecule has 2 unspecified atom stereocenters. The maximum atomic E-state index is 13.4. The van der Waals surface area contributed by atoms with E-state index in [-0.39, 0.29) is 12.0 Å². The first-order valence-corrected chi connectivity index (χ1v) is 12.4. The molecule has 0 saturated carbocycles. The third-order valence-electron chi connectivity index (χ3n) is 4.45. The molecule has 0 aliphatic carbocycles. The molecule has 2 aromatic carbocycles. The lowest BCUT2D eigenvalue weighted by molar-refractivity contribution is -0.139. The van der Waals surface area contributed by atoms with Gasteiger partial charge in [0.1, 0.15) is 12.6 Å². The third kappa shape index (κ3) is 11.9. The molecule has 0 spiro atoms. The zero-order chi connectivity index (χ0) is 27.7. The second-order valence-electron chi connectivity index (χ2n) is 7.43. The molecule has 0 saturated heterocycles. The smallest absolute Gasteiger partial charge is 0.347 e. The van der Waals surface area contributed by atoms with Gasteiger partial charge in [0.2, 0.25) is 12.3 Å². The lowest BCUT2D eigenvalue weighted by Gasteiger charge is -2.18. The van der Waals surface area contributed by atoms with Gasteiger partial charge in [-0.25, -0.2) is 0 Å². The number of rotatable bonds is 7. The molecule has 0 radical (unpaired) electrons. The van der Waals surface area contributed by atoms with E-state index in [1.54, 1.807) is 23.5 Å². The first-order chi connectivity index (χ1) is 16.5. The highest BCUT2D eigenvalue weighted by Gasteiger charge is 2.39. The van der Waals surface area contributed by atoms with Crippen molar-refractivity contribution in [3.63, 3.8) is 0 Å². The van der Waals surface area contributed by atoms with Gasteiger partial charge in [0.25, 0.3) is 0 Å². The number of nitrogens with one attached hydrogen (secondary N) is 2. The molecule has 2 aromatic rings. The maximum absolute atomic E-state index is 13.4. The molecule has 2 atom stereocenters. The minimum absolute atomic E-state index is 0.182. The van der Waals surface area contributed by atoms with E-state index in [1.165, 1.54) is 31.2 Å². The summed E-state index contributed by atoms with van der Waals surface area (Å²) in [5.41, 5.74) is 1.93. The highest BCUT2D eigenvalue weighted by Crippen LogP contribution is 2.38. The fraction of sp³-hybridized carbons (Fsp3) is 0.304. The van der Waals surface area contributed by atoms with Crippen LogP contribution in [0.1, 0.15) is 29.5 Å². The molecule has 36 heavy (non-hydrogen) atoms. The summed E-state index contributed by atoms with van der Waals surface area (Å²) in [6, 6.07) is 9.17. The van der Waals surface area contributed by atoms with Gasteiger partial charge < -0.3 is 10.6 Å². The van der Waals surface area contributed by atoms with E-state index < -0.39 is 36.8 Å². The number of alkyl halides is 6. The van der Waals surface area contributed by atoms with Crippen LogP contribution in [0.25, 0.3) is 6.08 Å². The van der Waals surface area contributed by atoms with Crippen LogP contribution in [0.5, 0.6) is 0 Å². The Bertz CT molecular complexity index is 1050. The topological polar surface area (TPSA) is 58.2 Å². The molecule has 0 aliphatic rings. The zero-order valence-electron chi connectivity index (χ0n) is 18.8. The molecular weight excluding hydrogens is 690 g/mol. The molecule has 13 heteroatoms. The summed E-state index contributed by atoms with van der Waals surface area (Å²) in [6.45, 7) is 1.81. The van der Waals surface area contributed by atoms with Crippen molar-refractivity contribution in [1.29, 1.82) is 0 Å². The van der Waals surface area contributed by atoms with Crippen molar-refractivity contribution in [2.45, 2.75) is 38.2 Å². The van der Waals surface area contributed by atoms with Crippen LogP contribution in [0.3, 0.4) is 0 Å². The molecule has 198 valence electrons. The zero-order valence-corrected chi connectivity index (χ0v) is 23.5. The average Bonchev–Trinajstić information content (AvgIpc) is 2.73. The van der Waals surface area contributed by atoms with Crippen molar-refractivity contribution in [3.8, 4) is 0 Å². The number of allylic oxidation sites excluding steroid dienone is 1. The van der Waals surface area contributed by atoms with E-state index in [2.05, 4.69) is 47.8 Å². The Morgan fingerprint density at radius 3 is 2.06 bits per heavy atom. The van der Waals surface area contributed by atoms with Gasteiger partial charge in [-0.1, -0.05) is 72.1 Å². The SMILES string of the molecule is CC(NC=O)C(=O)NCC(F)(F)F.Cc1ccc(/C=C/C(c2cc(Br)cc(Br)c2)C(F)(F)F)cc1Br. The summed E-state index contributed by atoms with van der Waals surface area (Å²) in [6.07, 6.45) is -5.87. The number of hydrogen-bond donors (Lipinski definition) is 2. The largest absolute Gasteiger partial charge is 0.405 e. The van der Waals surface area contributed by atoms with Gasteiger partial charge in [0, 0.05) is 13.4 Å². The van der Waals surface area contributed by atoms with E-state index in [4.69, 9.17) is 0 Å². The maximum Gasteiger partial charge on any atom is 0.405 e. The number of carbonyl (C=O) groups excluding carboxylic acids is 2. The number of carbonyl (C=O) groups is 2. The highest BCUT2D eigenvalue weighted by atomic mass is 79.9. The van der Waals surface area contributed by atoms with Crippen LogP contribution in [0.15, 0.2) is 55.9 Å². The van der Waals surface area contributed by atoms with Gasteiger partial charge in [-0.3, -0.25) is 9.59 Å². The Kier molecular flexibility index (Phi) is 12.7. The fourth-order valence-corrected chi connectivity index (χ4v) is 4.33. The van der Waals surface area contributed by atoms with Crippen LogP contribution in [-0.2, 0) is 9.59 Å². The molecular formula is C23H21Br3F6N2O2. The van der Waals surface area contributed by atoms with Crippen molar-refractivity contribution < 1.29 is 35.9 Å². The number of halogens is 9. The van der Waals surface area contributed by atoms with Crippen LogP contribution in [-0.4, -0.2) is 37.3 Å². The average molecular weight is 711 g/mol. The summed E-state index contributed by atoms with van der Waals surface area (Å²) in [5.74, 6) is -2.54. The Labute approximate surface area is 229 Å². The number of benzene rings is 2. The first-order valence-electron chi connectivity index (χ1n) is 10.0. The monoisotopic (exact) mass is 708 g/mol. The quantitative estimate of drug-likeness (QED) is 0.232. The standard InChI is InChI=1S/C17H12Br3F3.C6H9F3N2O2/c1-10-2-3-11(6-16(10)20)4-5-15(17(21,22)23)12-7-13(18)9-14(19)8-12;1-4(11-3-12)5(13)10-2-6(7,8)9/h2-9,15H,1H3;3-4H,2H2,1H3,(H,10,13)(H,11,12)/b5-4+;. The first kappa shape index (κ1) is 32.2. The van der Waals surface area contributed by atoms with Gasteiger partial charge in [-0.15, -0.1) is 0 Å². The second kappa shape index (κ2) is 14.2. The normalized spacial score (nSPS) is 13.4. The van der Waals surface area contributed by atoms with Crippen molar-refractivity contribution in [2.75, 3.05) is 6.54 Å². The van der Waals surface area contributed by atoms with Crippen molar-refractivity contribution in [3.05, 3.63) is 72.6 Å². The van der Waals surface area contributed by atoms with Gasteiger partial charge in [-0.2, -0.15) is 26.3 Å². The fourth-order valence-electron chi connectivity index (χ4n) is 2.60. The Balaban J connectivity index is 0.000000426. The van der Waals surface area contributed by atoms with Crippen molar-refractivity contribution in [2.24, 2.45) is 0 Å². The molecule has 0 bridgehead atoms. The molecule has 0 aromatic heterocycles. The summed E-state index contributed by atoms with van der Waals surface area (Å²) in [5, 5.41) is 3.64.